The van der Waals surface area contributed by atoms with Gasteiger partial charge in [0.1, 0.15) is 34.5 Å². The van der Waals surface area contributed by atoms with Crippen LogP contribution in [0.5, 0.6) is 17.2 Å². The third kappa shape index (κ3) is 8.98. The molecule has 0 bridgehead atoms. The van der Waals surface area contributed by atoms with Crippen LogP contribution in [-0.4, -0.2) is 76.0 Å². The minimum Gasteiger partial charge on any atom is -0.544 e. The van der Waals surface area contributed by atoms with Crippen LogP contribution in [0.4, 0.5) is 0 Å². The highest BCUT2D eigenvalue weighted by Gasteiger charge is 2.56. The van der Waals surface area contributed by atoms with E-state index in [4.69, 9.17) is 42.0 Å². The Morgan fingerprint density at radius 1 is 0.769 bits per heavy atom. The maximum absolute atomic E-state index is 13.9. The first kappa shape index (κ1) is 39.6. The van der Waals surface area contributed by atoms with Crippen molar-refractivity contribution in [2.24, 2.45) is 0 Å². The highest BCUT2D eigenvalue weighted by Crippen LogP contribution is 2.39. The zero-order chi connectivity index (χ0) is 38.7. The molecule has 52 heavy (non-hydrogen) atoms. The highest BCUT2D eigenvalue weighted by atomic mass is 28.4. The predicted octanol–water partition coefficient (Wildman–Crippen LogP) is 4.84. The van der Waals surface area contributed by atoms with Gasteiger partial charge in [0, 0.05) is 39.8 Å². The second kappa shape index (κ2) is 15.6. The molecule has 0 aliphatic carbocycles. The molecule has 1 aliphatic heterocycles. The average molecular weight is 743 g/mol. The Hall–Kier alpha value is -5.22. The third-order valence-electron chi connectivity index (χ3n) is 8.50. The van der Waals surface area contributed by atoms with Gasteiger partial charge in [-0.3, -0.25) is 24.0 Å². The predicted molar refractivity (Wildman–Crippen MR) is 185 cm³/mol. The van der Waals surface area contributed by atoms with E-state index in [-0.39, 0.29) is 33.1 Å². The zero-order valence-corrected chi connectivity index (χ0v) is 31.6. The number of fused-ring (bicyclic) bond motifs is 1. The number of ether oxygens (including phenoxy) is 7. The summed E-state index contributed by atoms with van der Waals surface area (Å²) in [6.45, 7) is 14.9. The molecule has 1 fully saturated rings. The fraction of sp³-hybridized carbons (Fsp3) is 0.444. The van der Waals surface area contributed by atoms with E-state index in [2.05, 4.69) is 33.9 Å². The van der Waals surface area contributed by atoms with Crippen molar-refractivity contribution in [2.75, 3.05) is 7.11 Å². The molecule has 0 saturated carbocycles. The molecule has 16 heteroatoms. The summed E-state index contributed by atoms with van der Waals surface area (Å²) in [6, 6.07) is 9.46. The SMILES string of the molecule is COC(=O)[C@H]1O[C@@H](Oc2cc(OC(C)=O)c3c(=O)c(-c4ccc(O[Si](C)(C)C(C)(C)C)cc4)coc3c2)[C@H](OC(C)=O)[C@@H](OC(C)=O)[C@@H]1OC(C)=O. The van der Waals surface area contributed by atoms with Crippen LogP contribution >= 0.6 is 0 Å². The molecule has 0 unspecified atom stereocenters. The summed E-state index contributed by atoms with van der Waals surface area (Å²) in [7, 11) is -1.07. The monoisotopic (exact) mass is 742 g/mol. The van der Waals surface area contributed by atoms with Crippen LogP contribution in [0, 0.1) is 0 Å². The number of rotatable bonds is 10. The smallest absolute Gasteiger partial charge is 0.339 e. The minimum atomic E-state index is -2.12. The number of carbonyl (C=O) groups is 5. The maximum atomic E-state index is 13.9. The van der Waals surface area contributed by atoms with E-state index >= 15 is 0 Å². The van der Waals surface area contributed by atoms with Gasteiger partial charge in [-0.25, -0.2) is 4.79 Å². The number of esters is 5. The first-order valence-electron chi connectivity index (χ1n) is 16.2. The second-order valence-corrected chi connectivity index (χ2v) is 18.3. The van der Waals surface area contributed by atoms with Crippen molar-refractivity contribution >= 4 is 49.1 Å². The number of carbonyl (C=O) groups excluding carboxylic acids is 5. The van der Waals surface area contributed by atoms with Crippen molar-refractivity contribution in [2.45, 2.75) is 97.3 Å². The van der Waals surface area contributed by atoms with E-state index in [1.54, 1.807) is 24.3 Å². The lowest BCUT2D eigenvalue weighted by Crippen LogP contribution is -2.64. The van der Waals surface area contributed by atoms with Crippen molar-refractivity contribution in [3.8, 4) is 28.4 Å². The molecule has 2 aromatic carbocycles. The Morgan fingerprint density at radius 3 is 1.88 bits per heavy atom. The first-order chi connectivity index (χ1) is 24.2. The molecule has 0 spiro atoms. The summed E-state index contributed by atoms with van der Waals surface area (Å²) in [4.78, 5) is 75.3. The van der Waals surface area contributed by atoms with E-state index in [0.29, 0.717) is 11.3 Å². The third-order valence-corrected chi connectivity index (χ3v) is 12.9. The fourth-order valence-corrected chi connectivity index (χ4v) is 6.19. The summed E-state index contributed by atoms with van der Waals surface area (Å²) in [5.74, 6) is -4.15. The molecule has 0 amide bonds. The Bertz CT molecular complexity index is 1910. The Morgan fingerprint density at radius 2 is 1.35 bits per heavy atom. The Labute approximate surface area is 300 Å². The Balaban J connectivity index is 1.78. The van der Waals surface area contributed by atoms with Crippen molar-refractivity contribution in [3.63, 3.8) is 0 Å². The van der Waals surface area contributed by atoms with E-state index < -0.39 is 74.3 Å². The Kier molecular flexibility index (Phi) is 11.8. The molecule has 5 atom stereocenters. The molecule has 3 aromatic rings. The van der Waals surface area contributed by atoms with Crippen molar-refractivity contribution in [1.29, 1.82) is 0 Å². The van der Waals surface area contributed by atoms with Crippen LogP contribution in [0.3, 0.4) is 0 Å². The van der Waals surface area contributed by atoms with Gasteiger partial charge in [-0.2, -0.15) is 0 Å². The second-order valence-electron chi connectivity index (χ2n) is 13.5. The number of methoxy groups -OCH3 is 1. The van der Waals surface area contributed by atoms with Gasteiger partial charge < -0.3 is 42.0 Å². The van der Waals surface area contributed by atoms with Crippen LogP contribution in [0.25, 0.3) is 22.1 Å². The standard InChI is InChI=1S/C36H42O15Si/c1-18(37)45-27-16-24(49-35-33(48-21(4)40)31(47-20(3)39)30(46-19(2)38)32(50-35)34(42)43-8)15-26-28(27)29(41)25(17-44-26)22-11-13-23(14-12-22)51-52(9,10)36(5,6)7/h11-17,30-33,35H,1-10H3/t30-,31-,32-,33+,35+/m0/s1. The largest absolute Gasteiger partial charge is 0.544 e. The molecule has 1 saturated heterocycles. The molecule has 1 aliphatic rings. The van der Waals surface area contributed by atoms with Crippen LogP contribution in [-0.2, 0) is 47.7 Å². The lowest BCUT2D eigenvalue weighted by Gasteiger charge is -2.43. The average Bonchev–Trinajstić information content (AvgIpc) is 3.02. The molecule has 1 aromatic heterocycles. The minimum absolute atomic E-state index is 0.0232. The van der Waals surface area contributed by atoms with Gasteiger partial charge in [0.15, 0.2) is 18.3 Å². The van der Waals surface area contributed by atoms with E-state index in [0.717, 1.165) is 34.8 Å². The van der Waals surface area contributed by atoms with Gasteiger partial charge in [-0.15, -0.1) is 0 Å². The molecule has 0 radical (unpaired) electrons. The van der Waals surface area contributed by atoms with Crippen LogP contribution < -0.4 is 19.3 Å². The van der Waals surface area contributed by atoms with Crippen LogP contribution in [0.1, 0.15) is 48.5 Å². The van der Waals surface area contributed by atoms with Crippen LogP contribution in [0.15, 0.2) is 51.9 Å². The van der Waals surface area contributed by atoms with Gasteiger partial charge >= 0.3 is 29.8 Å². The molecule has 0 N–H and O–H groups in total. The van der Waals surface area contributed by atoms with E-state index in [1.807, 2.05) is 0 Å². The number of benzene rings is 2. The summed E-state index contributed by atoms with van der Waals surface area (Å²) in [5, 5.41) is -0.118. The lowest BCUT2D eigenvalue weighted by atomic mass is 9.97. The summed E-state index contributed by atoms with van der Waals surface area (Å²) >= 11 is 0. The first-order valence-corrected chi connectivity index (χ1v) is 19.1. The summed E-state index contributed by atoms with van der Waals surface area (Å²) in [5.41, 5.74) is 0.0818. The van der Waals surface area contributed by atoms with Gasteiger partial charge in [0.25, 0.3) is 0 Å². The lowest BCUT2D eigenvalue weighted by molar-refractivity contribution is -0.282. The molecule has 280 valence electrons. The molecular formula is C36H42O15Si. The van der Waals surface area contributed by atoms with Crippen molar-refractivity contribution < 1.29 is 66.0 Å². The summed E-state index contributed by atoms with van der Waals surface area (Å²) < 4.78 is 50.4. The van der Waals surface area contributed by atoms with Crippen molar-refractivity contribution in [3.05, 3.63) is 52.9 Å². The number of hydrogen-bond donors (Lipinski definition) is 0. The van der Waals surface area contributed by atoms with E-state index in [9.17, 15) is 28.8 Å². The molecule has 4 rings (SSSR count). The molecular weight excluding hydrogens is 700 g/mol. The van der Waals surface area contributed by atoms with Gasteiger partial charge in [0.2, 0.25) is 26.1 Å². The zero-order valence-electron chi connectivity index (χ0n) is 30.6. The summed E-state index contributed by atoms with van der Waals surface area (Å²) in [6.07, 6.45) is -7.04. The quantitative estimate of drug-likeness (QED) is 0.119. The molecule has 2 heterocycles. The van der Waals surface area contributed by atoms with Gasteiger partial charge in [-0.1, -0.05) is 32.9 Å². The highest BCUT2D eigenvalue weighted by molar-refractivity contribution is 6.74. The van der Waals surface area contributed by atoms with E-state index in [1.165, 1.54) is 18.4 Å². The van der Waals surface area contributed by atoms with Crippen molar-refractivity contribution in [1.82, 2.24) is 0 Å². The van der Waals surface area contributed by atoms with Gasteiger partial charge in [-0.05, 0) is 35.8 Å². The topological polar surface area (TPSA) is 189 Å². The number of hydrogen-bond acceptors (Lipinski definition) is 15. The maximum Gasteiger partial charge on any atom is 0.339 e. The normalized spacial score (nSPS) is 20.3. The molecule has 15 nitrogen and oxygen atoms in total. The van der Waals surface area contributed by atoms with Crippen LogP contribution in [0.2, 0.25) is 18.1 Å². The fourth-order valence-electron chi connectivity index (χ4n) is 5.15. The van der Waals surface area contributed by atoms with Gasteiger partial charge in [0.05, 0.1) is 12.7 Å².